The van der Waals surface area contributed by atoms with E-state index in [-0.39, 0.29) is 17.2 Å². The van der Waals surface area contributed by atoms with E-state index in [1.165, 1.54) is 23.5 Å². The summed E-state index contributed by atoms with van der Waals surface area (Å²) in [5.41, 5.74) is 2.58. The topological polar surface area (TPSA) is 65.8 Å². The van der Waals surface area contributed by atoms with Crippen molar-refractivity contribution in [3.05, 3.63) is 51.2 Å². The summed E-state index contributed by atoms with van der Waals surface area (Å²) in [5.74, 6) is -1.23. The quantitative estimate of drug-likeness (QED) is 0.944. The fourth-order valence-electron chi connectivity index (χ4n) is 1.84. The number of carbonyl (C=O) groups is 1. The van der Waals surface area contributed by atoms with Crippen molar-refractivity contribution in [2.75, 3.05) is 0 Å². The molecule has 0 radical (unpaired) electrons. The summed E-state index contributed by atoms with van der Waals surface area (Å²) in [6.45, 7) is 3.71. The number of carbonyl (C=O) groups excluding carboxylic acids is 1. The van der Waals surface area contributed by atoms with Crippen molar-refractivity contribution >= 4 is 17.2 Å². The largest absolute Gasteiger partial charge is 0.344 e. The molecule has 0 aliphatic heterocycles. The molecule has 102 valence electrons. The minimum atomic E-state index is -0.705. The second-order valence-electron chi connectivity index (χ2n) is 4.30. The van der Waals surface area contributed by atoms with Gasteiger partial charge in [0.1, 0.15) is 5.82 Å². The highest BCUT2D eigenvalue weighted by Crippen LogP contribution is 2.19. The van der Waals surface area contributed by atoms with Gasteiger partial charge in [0, 0.05) is 4.88 Å². The molecule has 6 heteroatoms. The van der Waals surface area contributed by atoms with Crippen molar-refractivity contribution in [2.45, 2.75) is 19.9 Å². The Morgan fingerprint density at radius 2 is 2.30 bits per heavy atom. The van der Waals surface area contributed by atoms with Crippen molar-refractivity contribution in [2.24, 2.45) is 0 Å². The third kappa shape index (κ3) is 2.83. The van der Waals surface area contributed by atoms with Crippen molar-refractivity contribution < 1.29 is 9.18 Å². The first kappa shape index (κ1) is 14.2. The Kier molecular flexibility index (Phi) is 4.11. The first-order valence-corrected chi connectivity index (χ1v) is 6.81. The molecule has 1 amide bonds. The molecule has 2 rings (SSSR count). The Labute approximate surface area is 119 Å². The Bertz CT molecular complexity index is 690. The molecule has 1 N–H and O–H groups in total. The van der Waals surface area contributed by atoms with E-state index >= 15 is 0 Å². The number of rotatable bonds is 3. The molecule has 1 atom stereocenters. The van der Waals surface area contributed by atoms with Gasteiger partial charge in [-0.15, -0.1) is 11.3 Å². The van der Waals surface area contributed by atoms with Gasteiger partial charge in [0.15, 0.2) is 0 Å². The van der Waals surface area contributed by atoms with Gasteiger partial charge in [-0.2, -0.15) is 5.26 Å². The first-order valence-electron chi connectivity index (χ1n) is 5.93. The van der Waals surface area contributed by atoms with Crippen molar-refractivity contribution in [3.63, 3.8) is 0 Å². The van der Waals surface area contributed by atoms with Crippen molar-refractivity contribution in [3.8, 4) is 6.07 Å². The van der Waals surface area contributed by atoms with E-state index in [1.807, 2.05) is 13.0 Å². The van der Waals surface area contributed by atoms with E-state index in [9.17, 15) is 9.18 Å². The van der Waals surface area contributed by atoms with Crippen LogP contribution in [-0.4, -0.2) is 10.9 Å². The number of thiazole rings is 1. The molecule has 0 saturated heterocycles. The van der Waals surface area contributed by atoms with Gasteiger partial charge in [-0.25, -0.2) is 9.37 Å². The van der Waals surface area contributed by atoms with E-state index < -0.39 is 11.7 Å². The summed E-state index contributed by atoms with van der Waals surface area (Å²) in [5, 5.41) is 11.4. The highest BCUT2D eigenvalue weighted by Gasteiger charge is 2.17. The molecule has 1 aromatic heterocycles. The number of amides is 1. The third-order valence-corrected chi connectivity index (χ3v) is 3.66. The highest BCUT2D eigenvalue weighted by molar-refractivity contribution is 7.09. The van der Waals surface area contributed by atoms with Crippen LogP contribution in [0.5, 0.6) is 0 Å². The zero-order valence-electron chi connectivity index (χ0n) is 11.0. The summed E-state index contributed by atoms with van der Waals surface area (Å²) in [4.78, 5) is 17.2. The molecule has 1 unspecified atom stereocenters. The Morgan fingerprint density at radius 3 is 2.85 bits per heavy atom. The van der Waals surface area contributed by atoms with E-state index in [0.29, 0.717) is 0 Å². The Hall–Kier alpha value is -2.26. The standard InChI is InChI=1S/C14H12FN3OS/c1-8(13-9(2)20-7-17-13)18-14(19)11-4-3-10(6-16)5-12(11)15/h3-5,7-8H,1-2H3,(H,18,19). The smallest absolute Gasteiger partial charge is 0.254 e. The van der Waals surface area contributed by atoms with Gasteiger partial charge < -0.3 is 5.32 Å². The number of nitriles is 1. The molecule has 0 saturated carbocycles. The SMILES string of the molecule is Cc1scnc1C(C)NC(=O)c1ccc(C#N)cc1F. The van der Waals surface area contributed by atoms with E-state index in [2.05, 4.69) is 10.3 Å². The van der Waals surface area contributed by atoms with Gasteiger partial charge >= 0.3 is 0 Å². The molecule has 20 heavy (non-hydrogen) atoms. The Morgan fingerprint density at radius 1 is 1.55 bits per heavy atom. The van der Waals surface area contributed by atoms with Gasteiger partial charge in [0.05, 0.1) is 34.4 Å². The molecule has 1 heterocycles. The third-order valence-electron chi connectivity index (χ3n) is 2.88. The number of aromatic nitrogens is 1. The number of nitrogens with one attached hydrogen (secondary N) is 1. The van der Waals surface area contributed by atoms with Crippen LogP contribution in [0.25, 0.3) is 0 Å². The summed E-state index contributed by atoms with van der Waals surface area (Å²) >= 11 is 1.49. The molecule has 0 spiro atoms. The molecule has 2 aromatic rings. The number of hydrogen-bond acceptors (Lipinski definition) is 4. The minimum absolute atomic E-state index is 0.0799. The lowest BCUT2D eigenvalue weighted by Crippen LogP contribution is -2.28. The normalized spacial score (nSPS) is 11.7. The maximum Gasteiger partial charge on any atom is 0.254 e. The van der Waals surface area contributed by atoms with Crippen molar-refractivity contribution in [1.29, 1.82) is 5.26 Å². The fourth-order valence-corrected chi connectivity index (χ4v) is 2.52. The summed E-state index contributed by atoms with van der Waals surface area (Å²) in [6.07, 6.45) is 0. The molecular formula is C14H12FN3OS. The van der Waals surface area contributed by atoms with Crippen LogP contribution < -0.4 is 5.32 Å². The summed E-state index contributed by atoms with van der Waals surface area (Å²) in [7, 11) is 0. The second-order valence-corrected chi connectivity index (χ2v) is 5.35. The van der Waals surface area contributed by atoms with Gasteiger partial charge in [0.2, 0.25) is 0 Å². The zero-order valence-corrected chi connectivity index (χ0v) is 11.8. The van der Waals surface area contributed by atoms with Gasteiger partial charge in [-0.1, -0.05) is 0 Å². The molecule has 4 nitrogen and oxygen atoms in total. The number of hydrogen-bond donors (Lipinski definition) is 1. The molecule has 0 aliphatic carbocycles. The lowest BCUT2D eigenvalue weighted by atomic mass is 10.1. The van der Waals surface area contributed by atoms with E-state index in [0.717, 1.165) is 16.6 Å². The second kappa shape index (κ2) is 5.80. The molecule has 0 bridgehead atoms. The number of aryl methyl sites for hydroxylation is 1. The molecular weight excluding hydrogens is 277 g/mol. The van der Waals surface area contributed by atoms with Crippen LogP contribution in [0.3, 0.4) is 0 Å². The van der Waals surface area contributed by atoms with Crippen LogP contribution in [0.1, 0.15) is 39.5 Å². The lowest BCUT2D eigenvalue weighted by molar-refractivity contribution is 0.0935. The highest BCUT2D eigenvalue weighted by atomic mass is 32.1. The first-order chi connectivity index (χ1) is 9.52. The predicted molar refractivity (Wildman–Crippen MR) is 73.8 cm³/mol. The molecule has 1 aromatic carbocycles. The van der Waals surface area contributed by atoms with Gasteiger partial charge in [0.25, 0.3) is 5.91 Å². The van der Waals surface area contributed by atoms with Gasteiger partial charge in [-0.05, 0) is 32.0 Å². The molecule has 0 aliphatic rings. The number of benzene rings is 1. The number of nitrogens with zero attached hydrogens (tertiary/aromatic N) is 2. The Balaban J connectivity index is 2.17. The maximum atomic E-state index is 13.7. The van der Waals surface area contributed by atoms with Crippen LogP contribution in [-0.2, 0) is 0 Å². The monoisotopic (exact) mass is 289 g/mol. The van der Waals surface area contributed by atoms with Crippen LogP contribution in [0.4, 0.5) is 4.39 Å². The minimum Gasteiger partial charge on any atom is -0.344 e. The van der Waals surface area contributed by atoms with Crippen molar-refractivity contribution in [1.82, 2.24) is 10.3 Å². The number of halogens is 1. The summed E-state index contributed by atoms with van der Waals surface area (Å²) < 4.78 is 13.7. The summed E-state index contributed by atoms with van der Waals surface area (Å²) in [6, 6.07) is 5.29. The van der Waals surface area contributed by atoms with E-state index in [4.69, 9.17) is 5.26 Å². The van der Waals surface area contributed by atoms with Crippen LogP contribution in [0.2, 0.25) is 0 Å². The molecule has 0 fully saturated rings. The van der Waals surface area contributed by atoms with Crippen LogP contribution in [0, 0.1) is 24.1 Å². The van der Waals surface area contributed by atoms with Gasteiger partial charge in [-0.3, -0.25) is 4.79 Å². The lowest BCUT2D eigenvalue weighted by Gasteiger charge is -2.13. The van der Waals surface area contributed by atoms with Crippen LogP contribution in [0.15, 0.2) is 23.7 Å². The zero-order chi connectivity index (χ0) is 14.7. The average Bonchev–Trinajstić information content (AvgIpc) is 2.84. The van der Waals surface area contributed by atoms with Crippen LogP contribution >= 0.6 is 11.3 Å². The van der Waals surface area contributed by atoms with E-state index in [1.54, 1.807) is 12.4 Å². The fraction of sp³-hybridized carbons (Fsp3) is 0.214. The average molecular weight is 289 g/mol. The maximum absolute atomic E-state index is 13.7. The predicted octanol–water partition coefficient (Wildman–Crippen LogP) is 2.95.